The molecule has 0 unspecified atom stereocenters. The molecular weight excluding hydrogens is 262 g/mol. The molecule has 96 valence electrons. The van der Waals surface area contributed by atoms with Crippen LogP contribution in [-0.4, -0.2) is 29.4 Å². The Morgan fingerprint density at radius 3 is 2.00 bits per heavy atom. The van der Waals surface area contributed by atoms with Crippen molar-refractivity contribution in [1.82, 2.24) is 4.90 Å². The Labute approximate surface area is 110 Å². The van der Waals surface area contributed by atoms with Crippen molar-refractivity contribution in [3.63, 3.8) is 0 Å². The van der Waals surface area contributed by atoms with E-state index in [2.05, 4.69) is 41.6 Å². The largest absolute Gasteiger partial charge is 0.300 e. The summed E-state index contributed by atoms with van der Waals surface area (Å²) in [5, 5.41) is 1.17. The van der Waals surface area contributed by atoms with Crippen molar-refractivity contribution in [2.45, 2.75) is 65.3 Å². The number of nitrogens with zero attached hydrogens (tertiary/aromatic N) is 1. The van der Waals surface area contributed by atoms with Gasteiger partial charge in [-0.25, -0.2) is 0 Å². The second kappa shape index (κ2) is 7.00. The van der Waals surface area contributed by atoms with E-state index in [1.165, 1.54) is 56.9 Å². The van der Waals surface area contributed by atoms with Crippen molar-refractivity contribution in [1.29, 1.82) is 0 Å². The second-order valence-electron chi connectivity index (χ2n) is 5.43. The van der Waals surface area contributed by atoms with Gasteiger partial charge in [-0.2, -0.15) is 0 Å². The summed E-state index contributed by atoms with van der Waals surface area (Å²) >= 11 is 3.78. The van der Waals surface area contributed by atoms with Crippen LogP contribution in [0.4, 0.5) is 0 Å². The van der Waals surface area contributed by atoms with E-state index in [0.29, 0.717) is 5.41 Å². The van der Waals surface area contributed by atoms with Crippen LogP contribution >= 0.6 is 15.9 Å². The fourth-order valence-corrected chi connectivity index (χ4v) is 3.63. The van der Waals surface area contributed by atoms with Gasteiger partial charge in [0.1, 0.15) is 0 Å². The molecule has 0 N–H and O–H groups in total. The highest BCUT2D eigenvalue weighted by Crippen LogP contribution is 2.36. The van der Waals surface area contributed by atoms with Crippen LogP contribution in [-0.2, 0) is 0 Å². The summed E-state index contributed by atoms with van der Waals surface area (Å²) in [4.78, 5) is 2.71. The van der Waals surface area contributed by atoms with Gasteiger partial charge in [0.15, 0.2) is 0 Å². The first-order valence-corrected chi connectivity index (χ1v) is 8.13. The lowest BCUT2D eigenvalue weighted by Crippen LogP contribution is -2.40. The molecule has 2 heteroatoms. The van der Waals surface area contributed by atoms with E-state index in [9.17, 15) is 0 Å². The molecule has 1 fully saturated rings. The number of hydrogen-bond donors (Lipinski definition) is 0. The predicted molar refractivity (Wildman–Crippen MR) is 76.3 cm³/mol. The molecule has 0 spiro atoms. The van der Waals surface area contributed by atoms with E-state index in [-0.39, 0.29) is 0 Å². The number of hydrogen-bond acceptors (Lipinski definition) is 1. The summed E-state index contributed by atoms with van der Waals surface area (Å²) in [5.74, 6) is 0. The summed E-state index contributed by atoms with van der Waals surface area (Å²) in [7, 11) is 0. The van der Waals surface area contributed by atoms with Crippen molar-refractivity contribution >= 4 is 15.9 Å². The molecule has 1 rings (SSSR count). The Morgan fingerprint density at radius 1 is 1.12 bits per heavy atom. The minimum Gasteiger partial charge on any atom is -0.300 e. The minimum atomic E-state index is 0.530. The standard InChI is InChI=1S/C14H28BrN/c1-4-9-14(11-15,10-5-2)12-16(6-3)13-7-8-13/h13H,4-12H2,1-3H3. The Balaban J connectivity index is 2.58. The maximum atomic E-state index is 3.78. The van der Waals surface area contributed by atoms with Crippen molar-refractivity contribution in [2.75, 3.05) is 18.4 Å². The molecule has 1 aliphatic carbocycles. The lowest BCUT2D eigenvalue weighted by molar-refractivity contribution is 0.146. The molecule has 0 aromatic rings. The fourth-order valence-electron chi connectivity index (χ4n) is 2.89. The van der Waals surface area contributed by atoms with Gasteiger partial charge in [0.05, 0.1) is 0 Å². The van der Waals surface area contributed by atoms with E-state index < -0.39 is 0 Å². The highest BCUT2D eigenvalue weighted by molar-refractivity contribution is 9.09. The van der Waals surface area contributed by atoms with Gasteiger partial charge in [-0.1, -0.05) is 49.5 Å². The van der Waals surface area contributed by atoms with Gasteiger partial charge in [0.2, 0.25) is 0 Å². The molecule has 0 heterocycles. The fraction of sp³-hybridized carbons (Fsp3) is 1.00. The van der Waals surface area contributed by atoms with Crippen LogP contribution < -0.4 is 0 Å². The van der Waals surface area contributed by atoms with E-state index >= 15 is 0 Å². The zero-order valence-electron chi connectivity index (χ0n) is 11.3. The first-order valence-electron chi connectivity index (χ1n) is 7.01. The first kappa shape index (κ1) is 14.5. The third-order valence-electron chi connectivity index (χ3n) is 3.85. The number of rotatable bonds is 9. The zero-order valence-corrected chi connectivity index (χ0v) is 12.9. The van der Waals surface area contributed by atoms with Gasteiger partial charge in [-0.15, -0.1) is 0 Å². The van der Waals surface area contributed by atoms with Gasteiger partial charge in [-0.3, -0.25) is 0 Å². The smallest absolute Gasteiger partial charge is 0.0100 e. The molecule has 0 saturated heterocycles. The van der Waals surface area contributed by atoms with Gasteiger partial charge in [0, 0.05) is 17.9 Å². The third kappa shape index (κ3) is 4.03. The summed E-state index contributed by atoms with van der Waals surface area (Å²) in [6.45, 7) is 9.49. The Kier molecular flexibility index (Phi) is 6.35. The van der Waals surface area contributed by atoms with Gasteiger partial charge in [-0.05, 0) is 37.6 Å². The van der Waals surface area contributed by atoms with Gasteiger partial charge >= 0.3 is 0 Å². The van der Waals surface area contributed by atoms with Crippen LogP contribution in [0.2, 0.25) is 0 Å². The summed E-state index contributed by atoms with van der Waals surface area (Å²) in [6.07, 6.45) is 8.24. The number of alkyl halides is 1. The summed E-state index contributed by atoms with van der Waals surface area (Å²) in [5.41, 5.74) is 0.530. The lowest BCUT2D eigenvalue weighted by atomic mass is 9.80. The maximum Gasteiger partial charge on any atom is 0.0100 e. The Morgan fingerprint density at radius 2 is 1.69 bits per heavy atom. The van der Waals surface area contributed by atoms with Crippen LogP contribution in [0.25, 0.3) is 0 Å². The van der Waals surface area contributed by atoms with Crippen molar-refractivity contribution < 1.29 is 0 Å². The molecule has 0 aromatic heterocycles. The average molecular weight is 290 g/mol. The molecule has 16 heavy (non-hydrogen) atoms. The Bertz CT molecular complexity index is 183. The molecule has 0 aliphatic heterocycles. The van der Waals surface area contributed by atoms with Crippen LogP contribution in [0.5, 0.6) is 0 Å². The second-order valence-corrected chi connectivity index (χ2v) is 5.99. The molecular formula is C14H28BrN. The minimum absolute atomic E-state index is 0.530. The number of halogens is 1. The Hall–Kier alpha value is 0.440. The van der Waals surface area contributed by atoms with E-state index in [1.807, 2.05) is 0 Å². The van der Waals surface area contributed by atoms with Crippen LogP contribution in [0.15, 0.2) is 0 Å². The van der Waals surface area contributed by atoms with Gasteiger partial charge < -0.3 is 4.90 Å². The molecule has 0 aromatic carbocycles. The zero-order chi connectivity index (χ0) is 12.0. The molecule has 0 bridgehead atoms. The first-order chi connectivity index (χ1) is 7.71. The van der Waals surface area contributed by atoms with Crippen LogP contribution in [0.3, 0.4) is 0 Å². The topological polar surface area (TPSA) is 3.24 Å². The van der Waals surface area contributed by atoms with Crippen molar-refractivity contribution in [2.24, 2.45) is 5.41 Å². The molecule has 0 radical (unpaired) electrons. The summed E-state index contributed by atoms with van der Waals surface area (Å²) in [6, 6.07) is 0.914. The third-order valence-corrected chi connectivity index (χ3v) is 5.04. The monoisotopic (exact) mass is 289 g/mol. The van der Waals surface area contributed by atoms with Crippen molar-refractivity contribution in [3.05, 3.63) is 0 Å². The quantitative estimate of drug-likeness (QED) is 0.567. The molecule has 1 aliphatic rings. The van der Waals surface area contributed by atoms with E-state index in [4.69, 9.17) is 0 Å². The molecule has 0 atom stereocenters. The van der Waals surface area contributed by atoms with E-state index in [0.717, 1.165) is 6.04 Å². The van der Waals surface area contributed by atoms with Crippen LogP contribution in [0.1, 0.15) is 59.3 Å². The normalized spacial score (nSPS) is 17.1. The molecule has 0 amide bonds. The molecule has 1 saturated carbocycles. The highest BCUT2D eigenvalue weighted by atomic mass is 79.9. The maximum absolute atomic E-state index is 3.78. The van der Waals surface area contributed by atoms with Crippen molar-refractivity contribution in [3.8, 4) is 0 Å². The molecule has 1 nitrogen and oxygen atoms in total. The summed E-state index contributed by atoms with van der Waals surface area (Å²) < 4.78 is 0. The lowest BCUT2D eigenvalue weighted by Gasteiger charge is -2.37. The SMILES string of the molecule is CCCC(CBr)(CCC)CN(CC)C1CC1. The van der Waals surface area contributed by atoms with Crippen LogP contribution in [0, 0.1) is 5.41 Å². The average Bonchev–Trinajstić information content (AvgIpc) is 3.10. The van der Waals surface area contributed by atoms with Gasteiger partial charge in [0.25, 0.3) is 0 Å². The predicted octanol–water partition coefficient (Wildman–Crippen LogP) is 4.45. The highest BCUT2D eigenvalue weighted by Gasteiger charge is 2.35. The van der Waals surface area contributed by atoms with E-state index in [1.54, 1.807) is 0 Å².